The highest BCUT2D eigenvalue weighted by Gasteiger charge is 2.09. The van der Waals surface area contributed by atoms with Crippen LogP contribution in [-0.2, 0) is 13.0 Å². The summed E-state index contributed by atoms with van der Waals surface area (Å²) >= 11 is 1.67. The van der Waals surface area contributed by atoms with Crippen LogP contribution >= 0.6 is 11.3 Å². The summed E-state index contributed by atoms with van der Waals surface area (Å²) in [6, 6.07) is 4.04. The van der Waals surface area contributed by atoms with Crippen molar-refractivity contribution in [1.29, 1.82) is 0 Å². The van der Waals surface area contributed by atoms with Gasteiger partial charge in [0, 0.05) is 23.8 Å². The lowest BCUT2D eigenvalue weighted by atomic mass is 10.3. The maximum absolute atomic E-state index is 5.77. The molecule has 3 aromatic heterocycles. The van der Waals surface area contributed by atoms with Gasteiger partial charge in [0.1, 0.15) is 10.6 Å². The number of nitrogens with one attached hydrogen (secondary N) is 1. The van der Waals surface area contributed by atoms with Crippen molar-refractivity contribution >= 4 is 33.3 Å². The molecule has 7 heteroatoms. The van der Waals surface area contributed by atoms with E-state index in [4.69, 9.17) is 5.73 Å². The van der Waals surface area contributed by atoms with Gasteiger partial charge < -0.3 is 11.1 Å². The van der Waals surface area contributed by atoms with Gasteiger partial charge in [-0.3, -0.25) is 4.68 Å². The van der Waals surface area contributed by atoms with Crippen molar-refractivity contribution in [2.45, 2.75) is 19.9 Å². The molecule has 3 aromatic rings. The van der Waals surface area contributed by atoms with Crippen LogP contribution in [-0.4, -0.2) is 26.3 Å². The third kappa shape index (κ3) is 2.57. The van der Waals surface area contributed by atoms with Crippen LogP contribution in [0.5, 0.6) is 0 Å². The van der Waals surface area contributed by atoms with Crippen LogP contribution in [0.25, 0.3) is 10.2 Å². The summed E-state index contributed by atoms with van der Waals surface area (Å²) in [5.74, 6) is 1.11. The maximum Gasteiger partial charge on any atom is 0.223 e. The van der Waals surface area contributed by atoms with Gasteiger partial charge in [-0.2, -0.15) is 10.1 Å². The summed E-state index contributed by atoms with van der Waals surface area (Å²) in [5.41, 5.74) is 5.77. The lowest BCUT2D eigenvalue weighted by Gasteiger charge is -2.07. The van der Waals surface area contributed by atoms with Gasteiger partial charge in [0.15, 0.2) is 0 Å². The molecule has 0 radical (unpaired) electrons. The standard InChI is InChI=1S/C13H16N6S/c1-2-9-8-10-11(17-13(14)18-12(10)20-9)15-5-7-19-6-3-4-16-19/h3-4,6,8H,2,5,7H2,1H3,(H3,14,15,17,18). The number of aryl methyl sites for hydroxylation is 1. The molecule has 3 N–H and O–H groups in total. The van der Waals surface area contributed by atoms with Crippen LogP contribution in [0.1, 0.15) is 11.8 Å². The molecule has 0 bridgehead atoms. The molecule has 20 heavy (non-hydrogen) atoms. The van der Waals surface area contributed by atoms with Gasteiger partial charge in [0.25, 0.3) is 0 Å². The molecule has 0 fully saturated rings. The van der Waals surface area contributed by atoms with Crippen molar-refractivity contribution in [3.63, 3.8) is 0 Å². The lowest BCUT2D eigenvalue weighted by Crippen LogP contribution is -2.12. The molecular weight excluding hydrogens is 272 g/mol. The fourth-order valence-corrected chi connectivity index (χ4v) is 2.99. The van der Waals surface area contributed by atoms with Crippen molar-refractivity contribution in [2.24, 2.45) is 0 Å². The fraction of sp³-hybridized carbons (Fsp3) is 0.308. The first-order valence-corrected chi connectivity index (χ1v) is 7.35. The summed E-state index contributed by atoms with van der Waals surface area (Å²) in [4.78, 5) is 10.8. The molecule has 6 nitrogen and oxygen atoms in total. The molecule has 104 valence electrons. The number of nitrogens with two attached hydrogens (primary N) is 1. The zero-order chi connectivity index (χ0) is 13.9. The molecule has 3 rings (SSSR count). The van der Waals surface area contributed by atoms with Gasteiger partial charge in [-0.1, -0.05) is 6.92 Å². The summed E-state index contributed by atoms with van der Waals surface area (Å²) in [6.45, 7) is 3.65. The SMILES string of the molecule is CCc1cc2c(NCCn3cccn3)nc(N)nc2s1. The minimum absolute atomic E-state index is 0.309. The summed E-state index contributed by atoms with van der Waals surface area (Å²) in [5, 5.41) is 8.53. The topological polar surface area (TPSA) is 81.7 Å². The molecule has 0 aliphatic rings. The van der Waals surface area contributed by atoms with Crippen LogP contribution in [0.15, 0.2) is 24.5 Å². The largest absolute Gasteiger partial charge is 0.368 e. The van der Waals surface area contributed by atoms with Gasteiger partial charge in [-0.25, -0.2) is 4.98 Å². The molecule has 0 aromatic carbocycles. The maximum atomic E-state index is 5.77. The van der Waals surface area contributed by atoms with E-state index in [2.05, 4.69) is 33.4 Å². The third-order valence-electron chi connectivity index (χ3n) is 3.00. The van der Waals surface area contributed by atoms with E-state index in [1.54, 1.807) is 17.5 Å². The normalized spacial score (nSPS) is 11.1. The minimum atomic E-state index is 0.309. The number of thiophene rings is 1. The Morgan fingerprint density at radius 2 is 2.30 bits per heavy atom. The van der Waals surface area contributed by atoms with E-state index in [1.807, 2.05) is 16.9 Å². The van der Waals surface area contributed by atoms with Crippen LogP contribution in [0.2, 0.25) is 0 Å². The molecule has 0 unspecified atom stereocenters. The molecule has 0 aliphatic heterocycles. The van der Waals surface area contributed by atoms with Crippen LogP contribution < -0.4 is 11.1 Å². The predicted octanol–water partition coefficient (Wildman–Crippen LogP) is 2.14. The minimum Gasteiger partial charge on any atom is -0.368 e. The Bertz CT molecular complexity index is 703. The Kier molecular flexibility index (Phi) is 3.51. The lowest BCUT2D eigenvalue weighted by molar-refractivity contribution is 0.637. The molecule has 0 atom stereocenters. The number of fused-ring (bicyclic) bond motifs is 1. The second kappa shape index (κ2) is 5.46. The number of hydrogen-bond acceptors (Lipinski definition) is 6. The predicted molar refractivity (Wildman–Crippen MR) is 81.9 cm³/mol. The fourth-order valence-electron chi connectivity index (χ4n) is 2.02. The number of nitrogen functional groups attached to an aromatic ring is 1. The van der Waals surface area contributed by atoms with Gasteiger partial charge in [-0.05, 0) is 18.6 Å². The van der Waals surface area contributed by atoms with Crippen LogP contribution in [0.4, 0.5) is 11.8 Å². The second-order valence-corrected chi connectivity index (χ2v) is 5.53. The second-order valence-electron chi connectivity index (χ2n) is 4.41. The van der Waals surface area contributed by atoms with E-state index in [9.17, 15) is 0 Å². The number of aromatic nitrogens is 4. The van der Waals surface area contributed by atoms with E-state index in [-0.39, 0.29) is 0 Å². The molecule has 0 amide bonds. The van der Waals surface area contributed by atoms with E-state index < -0.39 is 0 Å². The Balaban J connectivity index is 1.80. The zero-order valence-electron chi connectivity index (χ0n) is 11.2. The number of nitrogens with zero attached hydrogens (tertiary/aromatic N) is 4. The first-order valence-electron chi connectivity index (χ1n) is 6.53. The highest BCUT2D eigenvalue weighted by molar-refractivity contribution is 7.18. The van der Waals surface area contributed by atoms with E-state index in [0.717, 1.165) is 35.5 Å². The molecule has 3 heterocycles. The van der Waals surface area contributed by atoms with Crippen molar-refractivity contribution in [1.82, 2.24) is 19.7 Å². The quantitative estimate of drug-likeness (QED) is 0.751. The smallest absolute Gasteiger partial charge is 0.223 e. The van der Waals surface area contributed by atoms with Gasteiger partial charge in [-0.15, -0.1) is 11.3 Å². The molecule has 0 saturated heterocycles. The highest BCUT2D eigenvalue weighted by atomic mass is 32.1. The van der Waals surface area contributed by atoms with Gasteiger partial charge >= 0.3 is 0 Å². The van der Waals surface area contributed by atoms with Crippen molar-refractivity contribution in [2.75, 3.05) is 17.6 Å². The summed E-state index contributed by atoms with van der Waals surface area (Å²) in [7, 11) is 0. The Morgan fingerprint density at radius 1 is 1.40 bits per heavy atom. The summed E-state index contributed by atoms with van der Waals surface area (Å²) < 4.78 is 1.87. The van der Waals surface area contributed by atoms with Crippen molar-refractivity contribution in [3.8, 4) is 0 Å². The van der Waals surface area contributed by atoms with Gasteiger partial charge in [0.05, 0.1) is 11.9 Å². The van der Waals surface area contributed by atoms with E-state index in [1.165, 1.54) is 4.88 Å². The third-order valence-corrected chi connectivity index (χ3v) is 4.18. The van der Waals surface area contributed by atoms with Crippen molar-refractivity contribution < 1.29 is 0 Å². The highest BCUT2D eigenvalue weighted by Crippen LogP contribution is 2.29. The van der Waals surface area contributed by atoms with Crippen LogP contribution in [0, 0.1) is 0 Å². The first-order chi connectivity index (χ1) is 9.76. The monoisotopic (exact) mass is 288 g/mol. The van der Waals surface area contributed by atoms with Crippen LogP contribution in [0.3, 0.4) is 0 Å². The number of hydrogen-bond donors (Lipinski definition) is 2. The molecule has 0 aliphatic carbocycles. The molecule has 0 saturated carbocycles. The zero-order valence-corrected chi connectivity index (χ0v) is 12.0. The van der Waals surface area contributed by atoms with Crippen molar-refractivity contribution in [3.05, 3.63) is 29.4 Å². The van der Waals surface area contributed by atoms with E-state index in [0.29, 0.717) is 5.95 Å². The number of anilines is 2. The van der Waals surface area contributed by atoms with Gasteiger partial charge in [0.2, 0.25) is 5.95 Å². The number of rotatable bonds is 5. The molecule has 0 spiro atoms. The van der Waals surface area contributed by atoms with E-state index >= 15 is 0 Å². The average molecular weight is 288 g/mol. The Morgan fingerprint density at radius 3 is 3.05 bits per heavy atom. The Hall–Kier alpha value is -2.15. The Labute approximate surface area is 120 Å². The molecular formula is C13H16N6S. The summed E-state index contributed by atoms with van der Waals surface area (Å²) in [6.07, 6.45) is 4.70. The first kappa shape index (κ1) is 12.9. The average Bonchev–Trinajstić information content (AvgIpc) is 3.06.